The van der Waals surface area contributed by atoms with E-state index in [9.17, 15) is 9.59 Å². The molecule has 3 N–H and O–H groups in total. The number of nitrogens with one attached hydrogen (secondary N) is 2. The van der Waals surface area contributed by atoms with E-state index in [0.717, 1.165) is 0 Å². The maximum atomic E-state index is 11.8. The van der Waals surface area contributed by atoms with Gasteiger partial charge in [0.2, 0.25) is 0 Å². The van der Waals surface area contributed by atoms with E-state index < -0.39 is 18.0 Å². The molecule has 2 amide bonds. The highest BCUT2D eigenvalue weighted by Gasteiger charge is 2.23. The number of methoxy groups -OCH3 is 1. The van der Waals surface area contributed by atoms with Crippen LogP contribution in [-0.2, 0) is 9.53 Å². The van der Waals surface area contributed by atoms with E-state index >= 15 is 0 Å². The summed E-state index contributed by atoms with van der Waals surface area (Å²) in [6.07, 6.45) is 0.706. The van der Waals surface area contributed by atoms with Crippen LogP contribution in [0.3, 0.4) is 0 Å². The molecule has 0 radical (unpaired) electrons. The lowest BCUT2D eigenvalue weighted by Gasteiger charge is -2.19. The molecule has 0 spiro atoms. The van der Waals surface area contributed by atoms with E-state index in [0.29, 0.717) is 17.9 Å². The SMILES string of the molecule is CCC(COC)NC(=O)NC(C(=O)O)c1cccs1. The average Bonchev–Trinajstić information content (AvgIpc) is 2.88. The fraction of sp³-hybridized carbons (Fsp3) is 0.500. The van der Waals surface area contributed by atoms with Crippen LogP contribution in [0.2, 0.25) is 0 Å². The maximum Gasteiger partial charge on any atom is 0.331 e. The second kappa shape index (κ2) is 7.75. The number of carboxylic acids is 1. The lowest BCUT2D eigenvalue weighted by Crippen LogP contribution is -2.46. The Hall–Kier alpha value is -1.60. The van der Waals surface area contributed by atoms with Crippen LogP contribution in [0.4, 0.5) is 4.79 Å². The van der Waals surface area contributed by atoms with Crippen molar-refractivity contribution in [3.8, 4) is 0 Å². The summed E-state index contributed by atoms with van der Waals surface area (Å²) >= 11 is 1.29. The number of urea groups is 1. The summed E-state index contributed by atoms with van der Waals surface area (Å²) in [6, 6.07) is 1.75. The number of amides is 2. The molecule has 7 heteroatoms. The van der Waals surface area contributed by atoms with Gasteiger partial charge in [0.15, 0.2) is 6.04 Å². The van der Waals surface area contributed by atoms with Crippen molar-refractivity contribution >= 4 is 23.3 Å². The Morgan fingerprint density at radius 1 is 1.47 bits per heavy atom. The molecular formula is C12H18N2O4S. The van der Waals surface area contributed by atoms with E-state index in [1.54, 1.807) is 24.6 Å². The zero-order valence-corrected chi connectivity index (χ0v) is 11.7. The minimum atomic E-state index is -1.09. The van der Waals surface area contributed by atoms with Crippen molar-refractivity contribution in [1.82, 2.24) is 10.6 Å². The highest BCUT2D eigenvalue weighted by Crippen LogP contribution is 2.18. The molecule has 6 nitrogen and oxygen atoms in total. The number of hydrogen-bond acceptors (Lipinski definition) is 4. The van der Waals surface area contributed by atoms with Crippen LogP contribution < -0.4 is 10.6 Å². The smallest absolute Gasteiger partial charge is 0.331 e. The summed E-state index contributed by atoms with van der Waals surface area (Å²) in [5.74, 6) is -1.09. The molecule has 0 aromatic carbocycles. The predicted molar refractivity (Wildman–Crippen MR) is 72.3 cm³/mol. The molecular weight excluding hydrogens is 268 g/mol. The van der Waals surface area contributed by atoms with Crippen molar-refractivity contribution in [1.29, 1.82) is 0 Å². The molecule has 2 unspecified atom stereocenters. The Balaban J connectivity index is 2.60. The van der Waals surface area contributed by atoms with E-state index in [2.05, 4.69) is 10.6 Å². The second-order valence-electron chi connectivity index (χ2n) is 3.96. The monoisotopic (exact) mass is 286 g/mol. The Morgan fingerprint density at radius 2 is 2.21 bits per heavy atom. The molecule has 1 aromatic heterocycles. The normalized spacial score (nSPS) is 13.6. The van der Waals surface area contributed by atoms with Crippen molar-refractivity contribution in [2.75, 3.05) is 13.7 Å². The van der Waals surface area contributed by atoms with Crippen LogP contribution >= 0.6 is 11.3 Å². The van der Waals surface area contributed by atoms with Crippen LogP contribution in [-0.4, -0.2) is 36.9 Å². The summed E-state index contributed by atoms with van der Waals surface area (Å²) in [6.45, 7) is 2.30. The van der Waals surface area contributed by atoms with Crippen LogP contribution in [0.5, 0.6) is 0 Å². The number of aliphatic carboxylic acids is 1. The van der Waals surface area contributed by atoms with E-state index in [-0.39, 0.29) is 6.04 Å². The van der Waals surface area contributed by atoms with Gasteiger partial charge < -0.3 is 20.5 Å². The molecule has 0 saturated carbocycles. The van der Waals surface area contributed by atoms with Gasteiger partial charge in [0.05, 0.1) is 12.6 Å². The van der Waals surface area contributed by atoms with Crippen LogP contribution in [0.15, 0.2) is 17.5 Å². The first-order valence-electron chi connectivity index (χ1n) is 5.90. The highest BCUT2D eigenvalue weighted by atomic mass is 32.1. The van der Waals surface area contributed by atoms with Gasteiger partial charge in [0, 0.05) is 12.0 Å². The number of carboxylic acid groups (broad SMARTS) is 1. The lowest BCUT2D eigenvalue weighted by atomic mass is 10.2. The van der Waals surface area contributed by atoms with Gasteiger partial charge >= 0.3 is 12.0 Å². The molecule has 19 heavy (non-hydrogen) atoms. The summed E-state index contributed by atoms with van der Waals surface area (Å²) < 4.78 is 4.96. The molecule has 0 aliphatic carbocycles. The fourth-order valence-electron chi connectivity index (χ4n) is 1.53. The van der Waals surface area contributed by atoms with Gasteiger partial charge in [-0.05, 0) is 17.9 Å². The summed E-state index contributed by atoms with van der Waals surface area (Å²) in [5, 5.41) is 16.0. The molecule has 1 rings (SSSR count). The topological polar surface area (TPSA) is 87.7 Å². The molecule has 0 saturated heterocycles. The van der Waals surface area contributed by atoms with E-state index in [1.807, 2.05) is 6.92 Å². The molecule has 0 aliphatic heterocycles. The molecule has 0 bridgehead atoms. The zero-order valence-electron chi connectivity index (χ0n) is 10.9. The largest absolute Gasteiger partial charge is 0.479 e. The first-order valence-corrected chi connectivity index (χ1v) is 6.78. The third-order valence-electron chi connectivity index (χ3n) is 2.55. The third-order valence-corrected chi connectivity index (χ3v) is 3.48. The van der Waals surface area contributed by atoms with Gasteiger partial charge in [-0.15, -0.1) is 11.3 Å². The van der Waals surface area contributed by atoms with Crippen molar-refractivity contribution in [2.45, 2.75) is 25.4 Å². The number of ether oxygens (including phenoxy) is 1. The van der Waals surface area contributed by atoms with Gasteiger partial charge in [-0.2, -0.15) is 0 Å². The lowest BCUT2D eigenvalue weighted by molar-refractivity contribution is -0.139. The van der Waals surface area contributed by atoms with Gasteiger partial charge in [0.25, 0.3) is 0 Å². The molecule has 0 aliphatic rings. The zero-order chi connectivity index (χ0) is 14.3. The molecule has 2 atom stereocenters. The number of hydrogen-bond donors (Lipinski definition) is 3. The molecule has 106 valence electrons. The van der Waals surface area contributed by atoms with E-state index in [4.69, 9.17) is 9.84 Å². The van der Waals surface area contributed by atoms with Gasteiger partial charge in [-0.25, -0.2) is 9.59 Å². The summed E-state index contributed by atoms with van der Waals surface area (Å²) in [4.78, 5) is 23.5. The highest BCUT2D eigenvalue weighted by molar-refractivity contribution is 7.10. The second-order valence-corrected chi connectivity index (χ2v) is 4.94. The average molecular weight is 286 g/mol. The van der Waals surface area contributed by atoms with Crippen molar-refractivity contribution < 1.29 is 19.4 Å². The number of carbonyl (C=O) groups is 2. The fourth-order valence-corrected chi connectivity index (χ4v) is 2.30. The predicted octanol–water partition coefficient (Wildman–Crippen LogP) is 1.60. The number of carbonyl (C=O) groups excluding carboxylic acids is 1. The van der Waals surface area contributed by atoms with Crippen LogP contribution in [0.1, 0.15) is 24.3 Å². The molecule has 0 fully saturated rings. The Morgan fingerprint density at radius 3 is 2.68 bits per heavy atom. The van der Waals surface area contributed by atoms with Crippen molar-refractivity contribution in [3.63, 3.8) is 0 Å². The minimum absolute atomic E-state index is 0.136. The van der Waals surface area contributed by atoms with Gasteiger partial charge in [-0.1, -0.05) is 13.0 Å². The van der Waals surface area contributed by atoms with Crippen molar-refractivity contribution in [3.05, 3.63) is 22.4 Å². The van der Waals surface area contributed by atoms with Gasteiger partial charge in [0.1, 0.15) is 0 Å². The molecule has 1 aromatic rings. The standard InChI is InChI=1S/C12H18N2O4S/c1-3-8(7-18-2)13-12(17)14-10(11(15)16)9-5-4-6-19-9/h4-6,8,10H,3,7H2,1-2H3,(H,15,16)(H2,13,14,17). The van der Waals surface area contributed by atoms with Gasteiger partial charge in [-0.3, -0.25) is 0 Å². The Labute approximate surface area is 115 Å². The van der Waals surface area contributed by atoms with Crippen molar-refractivity contribution in [2.24, 2.45) is 0 Å². The quantitative estimate of drug-likeness (QED) is 0.710. The Bertz CT molecular complexity index is 408. The van der Waals surface area contributed by atoms with Crippen LogP contribution in [0, 0.1) is 0 Å². The van der Waals surface area contributed by atoms with Crippen LogP contribution in [0.25, 0.3) is 0 Å². The third kappa shape index (κ3) is 4.88. The number of thiophene rings is 1. The molecule has 1 heterocycles. The maximum absolute atomic E-state index is 11.8. The number of rotatable bonds is 7. The Kier molecular flexibility index (Phi) is 6.31. The first-order chi connectivity index (χ1) is 9.08. The van der Waals surface area contributed by atoms with E-state index in [1.165, 1.54) is 11.3 Å². The summed E-state index contributed by atoms with van der Waals surface area (Å²) in [5.41, 5.74) is 0. The first kappa shape index (κ1) is 15.5. The minimum Gasteiger partial charge on any atom is -0.479 e. The summed E-state index contributed by atoms with van der Waals surface area (Å²) in [7, 11) is 1.55.